The van der Waals surface area contributed by atoms with Gasteiger partial charge in [0.25, 0.3) is 0 Å². The molecule has 0 spiro atoms. The molecule has 3 aromatic heterocycles. The maximum atomic E-state index is 12.9. The van der Waals surface area contributed by atoms with Crippen LogP contribution in [0.5, 0.6) is 0 Å². The van der Waals surface area contributed by atoms with Gasteiger partial charge >= 0.3 is 0 Å². The Bertz CT molecular complexity index is 595. The van der Waals surface area contributed by atoms with Crippen molar-refractivity contribution in [1.82, 2.24) is 14.4 Å². The summed E-state index contributed by atoms with van der Waals surface area (Å²) in [4.78, 5) is 7.42. The summed E-state index contributed by atoms with van der Waals surface area (Å²) in [5.74, 6) is -0.266. The van der Waals surface area contributed by atoms with Gasteiger partial charge < -0.3 is 9.38 Å². The highest BCUT2D eigenvalue weighted by molar-refractivity contribution is 5.58. The van der Waals surface area contributed by atoms with E-state index in [-0.39, 0.29) is 5.82 Å². The van der Waals surface area contributed by atoms with Crippen molar-refractivity contribution in [3.05, 3.63) is 48.7 Å². The average molecular weight is 201 g/mol. The van der Waals surface area contributed by atoms with Crippen LogP contribution < -0.4 is 0 Å². The second-order valence-corrected chi connectivity index (χ2v) is 3.32. The standard InChI is InChI=1S/C11H8FN3/c12-8-3-4-11-14-10(7-15(11)6-8)9-2-1-5-13-9/h1-7,13H. The van der Waals surface area contributed by atoms with E-state index >= 15 is 0 Å². The molecular formula is C11H8FN3. The quantitative estimate of drug-likeness (QED) is 0.644. The molecule has 0 saturated carbocycles. The minimum absolute atomic E-state index is 0.266. The molecule has 0 aliphatic carbocycles. The van der Waals surface area contributed by atoms with Crippen molar-refractivity contribution in [3.8, 4) is 11.4 Å². The third kappa shape index (κ3) is 1.30. The molecule has 3 rings (SSSR count). The number of aromatic nitrogens is 3. The van der Waals surface area contributed by atoms with Crippen LogP contribution in [0.4, 0.5) is 4.39 Å². The summed E-state index contributed by atoms with van der Waals surface area (Å²) in [5, 5.41) is 0. The number of aromatic amines is 1. The van der Waals surface area contributed by atoms with Crippen LogP contribution in [0.15, 0.2) is 42.9 Å². The maximum absolute atomic E-state index is 12.9. The van der Waals surface area contributed by atoms with Crippen LogP contribution in [0.25, 0.3) is 17.0 Å². The molecule has 0 aliphatic heterocycles. The van der Waals surface area contributed by atoms with Crippen LogP contribution in [0, 0.1) is 5.82 Å². The Morgan fingerprint density at radius 3 is 2.93 bits per heavy atom. The summed E-state index contributed by atoms with van der Waals surface area (Å²) in [7, 11) is 0. The molecule has 3 aromatic rings. The lowest BCUT2D eigenvalue weighted by Gasteiger charge is -1.90. The van der Waals surface area contributed by atoms with Crippen molar-refractivity contribution in [2.24, 2.45) is 0 Å². The number of rotatable bonds is 1. The third-order valence-corrected chi connectivity index (χ3v) is 2.29. The molecule has 0 atom stereocenters. The molecular weight excluding hydrogens is 193 g/mol. The zero-order valence-corrected chi connectivity index (χ0v) is 7.81. The van der Waals surface area contributed by atoms with Gasteiger partial charge in [-0.3, -0.25) is 0 Å². The second-order valence-electron chi connectivity index (χ2n) is 3.32. The van der Waals surface area contributed by atoms with Gasteiger partial charge in [-0.05, 0) is 24.3 Å². The number of pyridine rings is 1. The summed E-state index contributed by atoms with van der Waals surface area (Å²) >= 11 is 0. The number of H-pyrrole nitrogens is 1. The predicted octanol–water partition coefficient (Wildman–Crippen LogP) is 2.47. The molecule has 74 valence electrons. The molecule has 0 radical (unpaired) electrons. The van der Waals surface area contributed by atoms with Gasteiger partial charge in [-0.2, -0.15) is 0 Å². The van der Waals surface area contributed by atoms with Crippen molar-refractivity contribution in [2.75, 3.05) is 0 Å². The predicted molar refractivity (Wildman–Crippen MR) is 54.9 cm³/mol. The third-order valence-electron chi connectivity index (χ3n) is 2.29. The Morgan fingerprint density at radius 1 is 1.20 bits per heavy atom. The normalized spacial score (nSPS) is 11.0. The molecule has 0 amide bonds. The molecule has 4 heteroatoms. The Morgan fingerprint density at radius 2 is 2.13 bits per heavy atom. The molecule has 1 N–H and O–H groups in total. The minimum Gasteiger partial charge on any atom is -0.360 e. The van der Waals surface area contributed by atoms with Crippen molar-refractivity contribution >= 4 is 5.65 Å². The molecule has 0 bridgehead atoms. The maximum Gasteiger partial charge on any atom is 0.139 e. The van der Waals surface area contributed by atoms with Gasteiger partial charge in [0, 0.05) is 18.6 Å². The molecule has 0 aliphatic rings. The Hall–Kier alpha value is -2.10. The fourth-order valence-electron chi connectivity index (χ4n) is 1.58. The van der Waals surface area contributed by atoms with E-state index in [4.69, 9.17) is 0 Å². The van der Waals surface area contributed by atoms with Gasteiger partial charge in [-0.25, -0.2) is 9.37 Å². The second kappa shape index (κ2) is 2.95. The number of hydrogen-bond donors (Lipinski definition) is 1. The van der Waals surface area contributed by atoms with Gasteiger partial charge in [-0.1, -0.05) is 0 Å². The van der Waals surface area contributed by atoms with E-state index in [2.05, 4.69) is 9.97 Å². The van der Waals surface area contributed by atoms with Gasteiger partial charge in [0.1, 0.15) is 17.2 Å². The van der Waals surface area contributed by atoms with Gasteiger partial charge in [0.15, 0.2) is 0 Å². The van der Waals surface area contributed by atoms with Crippen molar-refractivity contribution < 1.29 is 4.39 Å². The molecule has 0 fully saturated rings. The Labute approximate surface area is 85.2 Å². The monoisotopic (exact) mass is 201 g/mol. The van der Waals surface area contributed by atoms with Gasteiger partial charge in [0.05, 0.1) is 5.69 Å². The molecule has 3 heterocycles. The summed E-state index contributed by atoms with van der Waals surface area (Å²) in [6, 6.07) is 6.89. The Balaban J connectivity index is 2.22. The van der Waals surface area contributed by atoms with Crippen LogP contribution in [0.2, 0.25) is 0 Å². The van der Waals surface area contributed by atoms with Crippen molar-refractivity contribution in [3.63, 3.8) is 0 Å². The first-order valence-electron chi connectivity index (χ1n) is 4.61. The number of halogens is 1. The summed E-state index contributed by atoms with van der Waals surface area (Å²) < 4.78 is 14.6. The first-order chi connectivity index (χ1) is 7.33. The molecule has 0 saturated heterocycles. The Kier molecular flexibility index (Phi) is 1.62. The van der Waals surface area contributed by atoms with E-state index in [9.17, 15) is 4.39 Å². The van der Waals surface area contributed by atoms with Crippen LogP contribution in [-0.4, -0.2) is 14.4 Å². The highest BCUT2D eigenvalue weighted by Crippen LogP contribution is 2.16. The number of nitrogens with zero attached hydrogens (tertiary/aromatic N) is 2. The summed E-state index contributed by atoms with van der Waals surface area (Å²) in [6.07, 6.45) is 5.04. The van der Waals surface area contributed by atoms with Crippen molar-refractivity contribution in [1.29, 1.82) is 0 Å². The highest BCUT2D eigenvalue weighted by Gasteiger charge is 2.04. The molecule has 3 nitrogen and oxygen atoms in total. The zero-order chi connectivity index (χ0) is 10.3. The number of fused-ring (bicyclic) bond motifs is 1. The van der Waals surface area contributed by atoms with E-state index in [0.717, 1.165) is 17.0 Å². The zero-order valence-electron chi connectivity index (χ0n) is 7.81. The smallest absolute Gasteiger partial charge is 0.139 e. The SMILES string of the molecule is Fc1ccc2nc(-c3ccc[nH]3)cn2c1. The topological polar surface area (TPSA) is 33.1 Å². The average Bonchev–Trinajstić information content (AvgIpc) is 2.84. The van der Waals surface area contributed by atoms with Crippen LogP contribution in [-0.2, 0) is 0 Å². The van der Waals surface area contributed by atoms with Gasteiger partial charge in [0.2, 0.25) is 0 Å². The van der Waals surface area contributed by atoms with Crippen molar-refractivity contribution in [2.45, 2.75) is 0 Å². The molecule has 0 aromatic carbocycles. The van der Waals surface area contributed by atoms with E-state index in [1.54, 1.807) is 16.7 Å². The highest BCUT2D eigenvalue weighted by atomic mass is 19.1. The molecule has 0 unspecified atom stereocenters. The lowest BCUT2D eigenvalue weighted by molar-refractivity contribution is 0.619. The lowest BCUT2D eigenvalue weighted by Crippen LogP contribution is -1.83. The van der Waals surface area contributed by atoms with E-state index in [1.165, 1.54) is 12.3 Å². The lowest BCUT2D eigenvalue weighted by atomic mass is 10.3. The van der Waals surface area contributed by atoms with Gasteiger partial charge in [-0.15, -0.1) is 0 Å². The largest absolute Gasteiger partial charge is 0.360 e. The fourth-order valence-corrected chi connectivity index (χ4v) is 1.58. The van der Waals surface area contributed by atoms with Crippen LogP contribution >= 0.6 is 0 Å². The first kappa shape index (κ1) is 8.23. The molecule has 15 heavy (non-hydrogen) atoms. The van der Waals surface area contributed by atoms with E-state index < -0.39 is 0 Å². The van der Waals surface area contributed by atoms with Crippen LogP contribution in [0.1, 0.15) is 0 Å². The number of hydrogen-bond acceptors (Lipinski definition) is 1. The summed E-state index contributed by atoms with van der Waals surface area (Å²) in [6.45, 7) is 0. The van der Waals surface area contributed by atoms with E-state index in [1.807, 2.05) is 18.3 Å². The van der Waals surface area contributed by atoms with E-state index in [0.29, 0.717) is 0 Å². The minimum atomic E-state index is -0.266. The number of nitrogens with one attached hydrogen (secondary N) is 1. The van der Waals surface area contributed by atoms with Crippen LogP contribution in [0.3, 0.4) is 0 Å². The fraction of sp³-hybridized carbons (Fsp3) is 0. The number of imidazole rings is 1. The first-order valence-corrected chi connectivity index (χ1v) is 4.61. The summed E-state index contributed by atoms with van der Waals surface area (Å²) in [5.41, 5.74) is 2.48.